The number of hydrogen-bond acceptors (Lipinski definition) is 3. The SMILES string of the molecule is CC(C)(C)OC(=O)N1CCC(N)CC1CF. The Hall–Kier alpha value is -0.840. The molecule has 94 valence electrons. The number of ether oxygens (including phenoxy) is 1. The van der Waals surface area contributed by atoms with Crippen molar-refractivity contribution in [2.45, 2.75) is 51.3 Å². The van der Waals surface area contributed by atoms with E-state index in [9.17, 15) is 9.18 Å². The summed E-state index contributed by atoms with van der Waals surface area (Å²) in [5.74, 6) is 0. The van der Waals surface area contributed by atoms with Gasteiger partial charge in [0.2, 0.25) is 0 Å². The summed E-state index contributed by atoms with van der Waals surface area (Å²) >= 11 is 0. The van der Waals surface area contributed by atoms with Crippen molar-refractivity contribution in [2.24, 2.45) is 5.73 Å². The summed E-state index contributed by atoms with van der Waals surface area (Å²) in [6.45, 7) is 5.30. The minimum atomic E-state index is -0.563. The molecule has 5 heteroatoms. The smallest absolute Gasteiger partial charge is 0.410 e. The number of halogens is 1. The van der Waals surface area contributed by atoms with Gasteiger partial charge in [-0.05, 0) is 33.6 Å². The van der Waals surface area contributed by atoms with Crippen molar-refractivity contribution in [1.82, 2.24) is 4.90 Å². The molecule has 1 fully saturated rings. The minimum absolute atomic E-state index is 0.0144. The molecule has 4 nitrogen and oxygen atoms in total. The second kappa shape index (κ2) is 4.99. The molecule has 1 amide bonds. The molecule has 0 spiro atoms. The van der Waals surface area contributed by atoms with Crippen LogP contribution in [-0.2, 0) is 4.74 Å². The number of alkyl halides is 1. The van der Waals surface area contributed by atoms with Crippen LogP contribution in [0.5, 0.6) is 0 Å². The second-order valence-electron chi connectivity index (χ2n) is 5.27. The number of hydrogen-bond donors (Lipinski definition) is 1. The largest absolute Gasteiger partial charge is 0.444 e. The van der Waals surface area contributed by atoms with E-state index >= 15 is 0 Å². The molecule has 1 aliphatic heterocycles. The van der Waals surface area contributed by atoms with Gasteiger partial charge in [-0.2, -0.15) is 0 Å². The van der Waals surface area contributed by atoms with Gasteiger partial charge in [-0.25, -0.2) is 9.18 Å². The standard InChI is InChI=1S/C11H21FN2O2/c1-11(2,3)16-10(15)14-5-4-8(13)6-9(14)7-12/h8-9H,4-7,13H2,1-3H3. The summed E-state index contributed by atoms with van der Waals surface area (Å²) in [5, 5.41) is 0. The zero-order valence-electron chi connectivity index (χ0n) is 10.2. The molecule has 0 radical (unpaired) electrons. The molecule has 2 N–H and O–H groups in total. The molecule has 1 rings (SSSR count). The van der Waals surface area contributed by atoms with Gasteiger partial charge in [0, 0.05) is 12.6 Å². The van der Waals surface area contributed by atoms with Crippen molar-refractivity contribution in [3.8, 4) is 0 Å². The molecule has 2 atom stereocenters. The van der Waals surface area contributed by atoms with Crippen molar-refractivity contribution in [2.75, 3.05) is 13.2 Å². The van der Waals surface area contributed by atoms with Crippen LogP contribution in [0.25, 0.3) is 0 Å². The Kier molecular flexibility index (Phi) is 4.13. The van der Waals surface area contributed by atoms with Crippen LogP contribution in [0.15, 0.2) is 0 Å². The third-order valence-electron chi connectivity index (χ3n) is 2.56. The van der Waals surface area contributed by atoms with Gasteiger partial charge in [0.15, 0.2) is 0 Å². The molecule has 0 aromatic heterocycles. The van der Waals surface area contributed by atoms with Crippen molar-refractivity contribution in [3.05, 3.63) is 0 Å². The van der Waals surface area contributed by atoms with E-state index in [1.54, 1.807) is 20.8 Å². The molecule has 1 aliphatic rings. The van der Waals surface area contributed by atoms with Gasteiger partial charge in [-0.1, -0.05) is 0 Å². The Labute approximate surface area is 95.9 Å². The maximum Gasteiger partial charge on any atom is 0.410 e. The monoisotopic (exact) mass is 232 g/mol. The van der Waals surface area contributed by atoms with E-state index in [-0.39, 0.29) is 6.04 Å². The summed E-state index contributed by atoms with van der Waals surface area (Å²) in [6.07, 6.45) is 0.771. The summed E-state index contributed by atoms with van der Waals surface area (Å²) in [6, 6.07) is -0.446. The maximum absolute atomic E-state index is 12.8. The number of rotatable bonds is 1. The van der Waals surface area contributed by atoms with Gasteiger partial charge in [-0.15, -0.1) is 0 Å². The van der Waals surface area contributed by atoms with E-state index in [0.29, 0.717) is 19.4 Å². The molecule has 1 heterocycles. The first-order chi connectivity index (χ1) is 7.33. The molecule has 0 aromatic rings. The second-order valence-corrected chi connectivity index (χ2v) is 5.27. The normalized spacial score (nSPS) is 26.7. The van der Waals surface area contributed by atoms with E-state index in [1.807, 2.05) is 0 Å². The lowest BCUT2D eigenvalue weighted by molar-refractivity contribution is 0.00515. The van der Waals surface area contributed by atoms with Crippen molar-refractivity contribution < 1.29 is 13.9 Å². The zero-order valence-corrected chi connectivity index (χ0v) is 10.2. The predicted molar refractivity (Wildman–Crippen MR) is 59.9 cm³/mol. The Morgan fingerprint density at radius 3 is 2.69 bits per heavy atom. The highest BCUT2D eigenvalue weighted by Gasteiger charge is 2.32. The van der Waals surface area contributed by atoms with Crippen LogP contribution in [0.2, 0.25) is 0 Å². The number of carbonyl (C=O) groups excluding carboxylic acids is 1. The maximum atomic E-state index is 12.8. The van der Waals surface area contributed by atoms with Crippen LogP contribution in [0.3, 0.4) is 0 Å². The Morgan fingerprint density at radius 2 is 2.19 bits per heavy atom. The molecular weight excluding hydrogens is 211 g/mol. The number of carbonyl (C=O) groups is 1. The van der Waals surface area contributed by atoms with E-state index in [0.717, 1.165) is 0 Å². The van der Waals surface area contributed by atoms with Gasteiger partial charge in [-0.3, -0.25) is 0 Å². The summed E-state index contributed by atoms with van der Waals surface area (Å²) in [5.41, 5.74) is 5.20. The average molecular weight is 232 g/mol. The molecule has 0 aliphatic carbocycles. The molecule has 0 bridgehead atoms. The van der Waals surface area contributed by atoms with Crippen molar-refractivity contribution in [3.63, 3.8) is 0 Å². The minimum Gasteiger partial charge on any atom is -0.444 e. The van der Waals surface area contributed by atoms with Gasteiger partial charge in [0.1, 0.15) is 12.3 Å². The quantitative estimate of drug-likeness (QED) is 0.748. The lowest BCUT2D eigenvalue weighted by atomic mass is 9.99. The Balaban J connectivity index is 2.60. The van der Waals surface area contributed by atoms with Crippen LogP contribution in [-0.4, -0.2) is 41.9 Å². The van der Waals surface area contributed by atoms with Gasteiger partial charge < -0.3 is 15.4 Å². The third-order valence-corrected chi connectivity index (χ3v) is 2.56. The van der Waals surface area contributed by atoms with Crippen molar-refractivity contribution in [1.29, 1.82) is 0 Å². The number of nitrogens with zero attached hydrogens (tertiary/aromatic N) is 1. The first kappa shape index (κ1) is 13.2. The highest BCUT2D eigenvalue weighted by Crippen LogP contribution is 2.20. The van der Waals surface area contributed by atoms with E-state index in [4.69, 9.17) is 10.5 Å². The number of likely N-dealkylation sites (tertiary alicyclic amines) is 1. The van der Waals surface area contributed by atoms with Gasteiger partial charge in [0.25, 0.3) is 0 Å². The number of piperidine rings is 1. The topological polar surface area (TPSA) is 55.6 Å². The van der Waals surface area contributed by atoms with E-state index < -0.39 is 24.4 Å². The molecule has 0 aromatic carbocycles. The van der Waals surface area contributed by atoms with Gasteiger partial charge >= 0.3 is 6.09 Å². The number of amides is 1. The van der Waals surface area contributed by atoms with Crippen LogP contribution < -0.4 is 5.73 Å². The first-order valence-electron chi connectivity index (χ1n) is 5.64. The summed E-state index contributed by atoms with van der Waals surface area (Å²) in [7, 11) is 0. The first-order valence-corrected chi connectivity index (χ1v) is 5.64. The fourth-order valence-corrected chi connectivity index (χ4v) is 1.79. The fraction of sp³-hybridized carbons (Fsp3) is 0.909. The van der Waals surface area contributed by atoms with Crippen LogP contribution in [0, 0.1) is 0 Å². The molecule has 1 saturated heterocycles. The van der Waals surface area contributed by atoms with Gasteiger partial charge in [0.05, 0.1) is 6.04 Å². The molecular formula is C11H21FN2O2. The zero-order chi connectivity index (χ0) is 12.3. The lowest BCUT2D eigenvalue weighted by Gasteiger charge is -2.37. The summed E-state index contributed by atoms with van der Waals surface area (Å²) < 4.78 is 18.0. The Morgan fingerprint density at radius 1 is 1.56 bits per heavy atom. The fourth-order valence-electron chi connectivity index (χ4n) is 1.79. The molecule has 16 heavy (non-hydrogen) atoms. The molecule has 2 unspecified atom stereocenters. The highest BCUT2D eigenvalue weighted by molar-refractivity contribution is 5.68. The number of nitrogens with two attached hydrogens (primary N) is 1. The van der Waals surface area contributed by atoms with Crippen LogP contribution >= 0.6 is 0 Å². The van der Waals surface area contributed by atoms with E-state index in [2.05, 4.69) is 0 Å². The lowest BCUT2D eigenvalue weighted by Crippen LogP contribution is -2.51. The highest BCUT2D eigenvalue weighted by atomic mass is 19.1. The Bertz CT molecular complexity index is 253. The summed E-state index contributed by atoms with van der Waals surface area (Å²) in [4.78, 5) is 13.2. The average Bonchev–Trinajstić information content (AvgIpc) is 2.14. The van der Waals surface area contributed by atoms with Crippen molar-refractivity contribution >= 4 is 6.09 Å². The molecule has 0 saturated carbocycles. The van der Waals surface area contributed by atoms with Crippen LogP contribution in [0.4, 0.5) is 9.18 Å². The van der Waals surface area contributed by atoms with E-state index in [1.165, 1.54) is 4.90 Å². The van der Waals surface area contributed by atoms with Crippen LogP contribution in [0.1, 0.15) is 33.6 Å². The third kappa shape index (κ3) is 3.63. The predicted octanol–water partition coefficient (Wildman–Crippen LogP) is 1.68.